The number of carbonyl (C=O) groups excluding carboxylic acids is 3. The van der Waals surface area contributed by atoms with Crippen LogP contribution in [0, 0.1) is 19.3 Å². The zero-order chi connectivity index (χ0) is 33.1. The first-order chi connectivity index (χ1) is 22.0. The predicted octanol–water partition coefficient (Wildman–Crippen LogP) is 4.33. The number of carbonyl (C=O) groups is 3. The topological polar surface area (TPSA) is 120 Å². The van der Waals surface area contributed by atoms with Gasteiger partial charge in [-0.25, -0.2) is 4.79 Å². The number of amides is 4. The fraction of sp³-hybridized carbons (Fsp3) is 0.432. The number of nitrogens with one attached hydrogen (secondary N) is 3. The molecule has 0 aliphatic carbocycles. The SMILES string of the molecule is Cc1cccc(C)c1OCC(=O)N[C@@H](Cc1ccccc1)[C@@H](O)C[C@H](Cc1ccccc1)NC(=O)CC(C)(C)CN1CCNC1=O. The van der Waals surface area contributed by atoms with Crippen molar-refractivity contribution in [2.24, 2.45) is 5.41 Å². The van der Waals surface area contributed by atoms with Gasteiger partial charge in [-0.15, -0.1) is 0 Å². The molecule has 0 bridgehead atoms. The molecular weight excluding hydrogens is 580 g/mol. The summed E-state index contributed by atoms with van der Waals surface area (Å²) in [6, 6.07) is 24.2. The molecule has 246 valence electrons. The van der Waals surface area contributed by atoms with Gasteiger partial charge >= 0.3 is 6.03 Å². The molecule has 1 aliphatic heterocycles. The van der Waals surface area contributed by atoms with Crippen LogP contribution in [-0.2, 0) is 22.4 Å². The molecule has 3 aromatic rings. The zero-order valence-electron chi connectivity index (χ0n) is 27.4. The van der Waals surface area contributed by atoms with Crippen LogP contribution in [-0.4, -0.2) is 72.3 Å². The Bertz CT molecular complexity index is 1430. The van der Waals surface area contributed by atoms with Crippen molar-refractivity contribution in [1.82, 2.24) is 20.9 Å². The summed E-state index contributed by atoms with van der Waals surface area (Å²) in [5, 5.41) is 20.6. The van der Waals surface area contributed by atoms with E-state index in [1.165, 1.54) is 0 Å². The Morgan fingerprint density at radius 3 is 2.09 bits per heavy atom. The number of hydrogen-bond donors (Lipinski definition) is 4. The Morgan fingerprint density at radius 1 is 0.891 bits per heavy atom. The van der Waals surface area contributed by atoms with E-state index in [2.05, 4.69) is 16.0 Å². The molecule has 1 aliphatic rings. The fourth-order valence-electron chi connectivity index (χ4n) is 6.06. The average Bonchev–Trinajstić information content (AvgIpc) is 3.40. The minimum Gasteiger partial charge on any atom is -0.483 e. The maximum Gasteiger partial charge on any atom is 0.317 e. The van der Waals surface area contributed by atoms with Gasteiger partial charge in [0, 0.05) is 32.1 Å². The van der Waals surface area contributed by atoms with Crippen LogP contribution in [0.1, 0.15) is 48.9 Å². The van der Waals surface area contributed by atoms with Crippen molar-refractivity contribution in [3.63, 3.8) is 0 Å². The van der Waals surface area contributed by atoms with Crippen LogP contribution in [0.25, 0.3) is 0 Å². The smallest absolute Gasteiger partial charge is 0.317 e. The highest BCUT2D eigenvalue weighted by molar-refractivity contribution is 5.79. The van der Waals surface area contributed by atoms with Crippen LogP contribution in [0.15, 0.2) is 78.9 Å². The third-order valence-corrected chi connectivity index (χ3v) is 8.28. The van der Waals surface area contributed by atoms with Crippen LogP contribution in [0.3, 0.4) is 0 Å². The average molecular weight is 629 g/mol. The van der Waals surface area contributed by atoms with Gasteiger partial charge in [0.05, 0.1) is 12.1 Å². The Morgan fingerprint density at radius 2 is 1.50 bits per heavy atom. The Labute approximate surface area is 272 Å². The number of rotatable bonds is 16. The van der Waals surface area contributed by atoms with Crippen molar-refractivity contribution in [1.29, 1.82) is 0 Å². The number of aliphatic hydroxyl groups excluding tert-OH is 1. The summed E-state index contributed by atoms with van der Waals surface area (Å²) in [6.07, 6.45) is 0.414. The largest absolute Gasteiger partial charge is 0.483 e. The summed E-state index contributed by atoms with van der Waals surface area (Å²) in [7, 11) is 0. The second-order valence-electron chi connectivity index (χ2n) is 13.1. The van der Waals surface area contributed by atoms with Crippen LogP contribution < -0.4 is 20.7 Å². The summed E-state index contributed by atoms with van der Waals surface area (Å²) in [4.78, 5) is 40.4. The van der Waals surface area contributed by atoms with Gasteiger partial charge in [-0.3, -0.25) is 9.59 Å². The lowest BCUT2D eigenvalue weighted by Gasteiger charge is -2.31. The second kappa shape index (κ2) is 16.3. The van der Waals surface area contributed by atoms with Gasteiger partial charge in [-0.05, 0) is 60.8 Å². The summed E-state index contributed by atoms with van der Waals surface area (Å²) in [5.41, 5.74) is 3.44. The Kier molecular flexibility index (Phi) is 12.2. The van der Waals surface area contributed by atoms with Crippen LogP contribution in [0.2, 0.25) is 0 Å². The van der Waals surface area contributed by atoms with Gasteiger partial charge in [0.15, 0.2) is 6.61 Å². The van der Waals surface area contributed by atoms with Crippen molar-refractivity contribution < 1.29 is 24.2 Å². The number of nitrogens with zero attached hydrogens (tertiary/aromatic N) is 1. The van der Waals surface area contributed by atoms with Gasteiger partial charge < -0.3 is 30.7 Å². The summed E-state index contributed by atoms with van der Waals surface area (Å²) in [5.74, 6) is 0.194. The summed E-state index contributed by atoms with van der Waals surface area (Å²) >= 11 is 0. The number of urea groups is 1. The van der Waals surface area contributed by atoms with Crippen molar-refractivity contribution in [3.05, 3.63) is 101 Å². The van der Waals surface area contributed by atoms with Gasteiger partial charge in [-0.2, -0.15) is 0 Å². The minimum absolute atomic E-state index is 0.107. The van der Waals surface area contributed by atoms with E-state index in [9.17, 15) is 19.5 Å². The van der Waals surface area contributed by atoms with E-state index in [1.54, 1.807) is 4.90 Å². The van der Waals surface area contributed by atoms with Crippen molar-refractivity contribution in [3.8, 4) is 5.75 Å². The molecule has 4 amide bonds. The highest BCUT2D eigenvalue weighted by Crippen LogP contribution is 2.24. The zero-order valence-corrected chi connectivity index (χ0v) is 27.4. The van der Waals surface area contributed by atoms with E-state index in [0.717, 1.165) is 22.3 Å². The molecule has 9 heteroatoms. The van der Waals surface area contributed by atoms with E-state index < -0.39 is 23.6 Å². The molecule has 46 heavy (non-hydrogen) atoms. The van der Waals surface area contributed by atoms with Gasteiger partial charge in [-0.1, -0.05) is 92.7 Å². The van der Waals surface area contributed by atoms with Crippen molar-refractivity contribution in [2.75, 3.05) is 26.2 Å². The standard InChI is InChI=1S/C37H48N4O5/c1-26-12-11-13-27(2)35(26)46-24-34(44)40-31(21-29-16-9-6-10-17-29)32(42)22-30(20-28-14-7-5-8-15-28)39-33(43)23-37(3,4)25-41-19-18-38-36(41)45/h5-17,30-32,42H,18-25H2,1-4H3,(H,38,45)(H,39,43)(H,40,44)/t30-,31-,32-/m0/s1. The van der Waals surface area contributed by atoms with E-state index in [4.69, 9.17) is 4.74 Å². The van der Waals surface area contributed by atoms with Crippen LogP contribution in [0.4, 0.5) is 4.79 Å². The highest BCUT2D eigenvalue weighted by atomic mass is 16.5. The van der Waals surface area contributed by atoms with Gasteiger partial charge in [0.2, 0.25) is 5.91 Å². The first-order valence-electron chi connectivity index (χ1n) is 16.1. The number of hydrogen-bond acceptors (Lipinski definition) is 5. The molecule has 4 rings (SSSR count). The molecule has 0 spiro atoms. The number of aryl methyl sites for hydroxylation is 2. The summed E-state index contributed by atoms with van der Waals surface area (Å²) in [6.45, 7) is 9.34. The molecular formula is C37H48N4O5. The molecule has 0 aromatic heterocycles. The molecule has 0 radical (unpaired) electrons. The molecule has 1 heterocycles. The quantitative estimate of drug-likeness (QED) is 0.188. The van der Waals surface area contributed by atoms with Crippen LogP contribution >= 0.6 is 0 Å². The third-order valence-electron chi connectivity index (χ3n) is 8.28. The lowest BCUT2D eigenvalue weighted by molar-refractivity contribution is -0.126. The summed E-state index contributed by atoms with van der Waals surface area (Å²) < 4.78 is 5.89. The van der Waals surface area contributed by atoms with Crippen molar-refractivity contribution >= 4 is 17.8 Å². The monoisotopic (exact) mass is 628 g/mol. The van der Waals surface area contributed by atoms with Gasteiger partial charge in [0.25, 0.3) is 5.91 Å². The van der Waals surface area contributed by atoms with Gasteiger partial charge in [0.1, 0.15) is 5.75 Å². The fourth-order valence-corrected chi connectivity index (χ4v) is 6.06. The number of benzene rings is 3. The molecule has 1 fully saturated rings. The predicted molar refractivity (Wildman–Crippen MR) is 180 cm³/mol. The first-order valence-corrected chi connectivity index (χ1v) is 16.1. The third kappa shape index (κ3) is 10.6. The van der Waals surface area contributed by atoms with E-state index in [0.29, 0.717) is 38.2 Å². The molecule has 1 saturated heterocycles. The lowest BCUT2D eigenvalue weighted by Crippen LogP contribution is -2.50. The molecule has 3 aromatic carbocycles. The van der Waals surface area contributed by atoms with E-state index in [1.807, 2.05) is 107 Å². The molecule has 0 unspecified atom stereocenters. The number of para-hydroxylation sites is 1. The Balaban J connectivity index is 1.46. The number of aliphatic hydroxyl groups is 1. The highest BCUT2D eigenvalue weighted by Gasteiger charge is 2.31. The lowest BCUT2D eigenvalue weighted by atomic mass is 9.87. The van der Waals surface area contributed by atoms with E-state index >= 15 is 0 Å². The maximum atomic E-state index is 13.4. The van der Waals surface area contributed by atoms with E-state index in [-0.39, 0.29) is 37.3 Å². The van der Waals surface area contributed by atoms with Crippen molar-refractivity contribution in [2.45, 2.75) is 71.6 Å². The first kappa shape index (κ1) is 34.5. The molecule has 9 nitrogen and oxygen atoms in total. The maximum absolute atomic E-state index is 13.4. The van der Waals surface area contributed by atoms with Crippen LogP contribution in [0.5, 0.6) is 5.75 Å². The normalized spacial score (nSPS) is 15.1. The number of ether oxygens (including phenoxy) is 1. The molecule has 4 N–H and O–H groups in total. The molecule has 3 atom stereocenters. The second-order valence-corrected chi connectivity index (χ2v) is 13.1. The Hall–Kier alpha value is -4.37. The minimum atomic E-state index is -0.959. The molecule has 0 saturated carbocycles.